The van der Waals surface area contributed by atoms with Crippen LogP contribution in [-0.2, 0) is 9.59 Å². The molecule has 0 heterocycles. The molecule has 0 aromatic heterocycles. The molecule has 1 aromatic carbocycles. The third kappa shape index (κ3) is 3.67. The fourth-order valence-corrected chi connectivity index (χ4v) is 2.33. The summed E-state index contributed by atoms with van der Waals surface area (Å²) in [5.41, 5.74) is 0.926. The molecule has 1 N–H and O–H groups in total. The number of aliphatic carboxylic acids is 1. The largest absolute Gasteiger partial charge is 0.481 e. The van der Waals surface area contributed by atoms with Gasteiger partial charge in [0.25, 0.3) is 0 Å². The van der Waals surface area contributed by atoms with E-state index in [1.54, 1.807) is 0 Å². The Kier molecular flexibility index (Phi) is 4.17. The number of carbonyl (C=O) groups is 2. The van der Waals surface area contributed by atoms with Gasteiger partial charge in [-0.15, -0.1) is 0 Å². The molecule has 1 fully saturated rings. The highest BCUT2D eigenvalue weighted by Crippen LogP contribution is 2.35. The number of carboxylic acids is 1. The second-order valence-corrected chi connectivity index (χ2v) is 5.71. The highest BCUT2D eigenvalue weighted by Gasteiger charge is 2.31. The summed E-state index contributed by atoms with van der Waals surface area (Å²) in [5.74, 6) is -0.656. The number of carboxylic acid groups (broad SMARTS) is 1. The van der Waals surface area contributed by atoms with Crippen molar-refractivity contribution in [2.24, 2.45) is 5.92 Å². The zero-order valence-electron chi connectivity index (χ0n) is 9.93. The summed E-state index contributed by atoms with van der Waals surface area (Å²) in [4.78, 5) is 22.7. The first-order valence-corrected chi connectivity index (χ1v) is 6.85. The van der Waals surface area contributed by atoms with Crippen molar-refractivity contribution in [1.29, 1.82) is 0 Å². The van der Waals surface area contributed by atoms with Crippen molar-refractivity contribution in [3.63, 3.8) is 0 Å². The number of rotatable bonds is 6. The van der Waals surface area contributed by atoms with Crippen molar-refractivity contribution in [3.05, 3.63) is 34.3 Å². The molecular weight excluding hydrogens is 296 g/mol. The van der Waals surface area contributed by atoms with Crippen LogP contribution in [0.4, 0.5) is 0 Å². The van der Waals surface area contributed by atoms with Gasteiger partial charge in [-0.05, 0) is 30.5 Å². The summed E-state index contributed by atoms with van der Waals surface area (Å²) in [5, 5.41) is 8.95. The first-order valence-electron chi connectivity index (χ1n) is 6.06. The molecule has 1 aliphatic carbocycles. The van der Waals surface area contributed by atoms with Gasteiger partial charge in [0.05, 0.1) is 6.42 Å². The van der Waals surface area contributed by atoms with E-state index < -0.39 is 5.97 Å². The molecule has 0 aliphatic heterocycles. The number of hydrogen-bond acceptors (Lipinski definition) is 2. The molecule has 3 nitrogen and oxygen atoms in total. The van der Waals surface area contributed by atoms with Gasteiger partial charge in [-0.2, -0.15) is 0 Å². The third-order valence-electron chi connectivity index (χ3n) is 3.24. The minimum absolute atomic E-state index is 0.0140. The molecule has 18 heavy (non-hydrogen) atoms. The van der Waals surface area contributed by atoms with Crippen LogP contribution in [-0.4, -0.2) is 16.9 Å². The lowest BCUT2D eigenvalue weighted by Gasteiger charge is -2.14. The molecule has 4 heteroatoms. The van der Waals surface area contributed by atoms with E-state index in [-0.39, 0.29) is 24.0 Å². The van der Waals surface area contributed by atoms with Gasteiger partial charge in [0.1, 0.15) is 5.78 Å². The molecule has 1 aromatic rings. The van der Waals surface area contributed by atoms with Crippen molar-refractivity contribution >= 4 is 27.7 Å². The molecular formula is C14H15BrO3. The van der Waals surface area contributed by atoms with Gasteiger partial charge in [-0.3, -0.25) is 9.59 Å². The van der Waals surface area contributed by atoms with Crippen molar-refractivity contribution < 1.29 is 14.7 Å². The summed E-state index contributed by atoms with van der Waals surface area (Å²) in [6.07, 6.45) is 2.30. The van der Waals surface area contributed by atoms with Crippen LogP contribution in [0, 0.1) is 5.92 Å². The number of Topliss-reactive ketones (excluding diaryl/α,β-unsaturated/α-hetero) is 1. The summed E-state index contributed by atoms with van der Waals surface area (Å²) >= 11 is 3.35. The normalized spacial score (nSPS) is 16.3. The number of halogens is 1. The summed E-state index contributed by atoms with van der Waals surface area (Å²) in [6.45, 7) is 0. The molecule has 0 spiro atoms. The number of hydrogen-bond donors (Lipinski definition) is 1. The highest BCUT2D eigenvalue weighted by molar-refractivity contribution is 9.10. The van der Waals surface area contributed by atoms with E-state index in [9.17, 15) is 9.59 Å². The molecule has 1 atom stereocenters. The van der Waals surface area contributed by atoms with Crippen LogP contribution in [0.2, 0.25) is 0 Å². The van der Waals surface area contributed by atoms with Crippen LogP contribution < -0.4 is 0 Å². The SMILES string of the molecule is O=C(O)C[C@@H](CC(=O)C1CC1)c1ccc(Br)cc1. The Balaban J connectivity index is 2.10. The van der Waals surface area contributed by atoms with Crippen molar-refractivity contribution in [2.45, 2.75) is 31.6 Å². The maximum atomic E-state index is 11.8. The Morgan fingerprint density at radius 3 is 2.33 bits per heavy atom. The molecule has 0 bridgehead atoms. The average Bonchev–Trinajstić information content (AvgIpc) is 3.12. The van der Waals surface area contributed by atoms with Crippen LogP contribution in [0.25, 0.3) is 0 Å². The quantitative estimate of drug-likeness (QED) is 0.876. The third-order valence-corrected chi connectivity index (χ3v) is 3.77. The number of ketones is 1. The molecule has 0 radical (unpaired) electrons. The topological polar surface area (TPSA) is 54.4 Å². The first kappa shape index (κ1) is 13.3. The fourth-order valence-electron chi connectivity index (χ4n) is 2.07. The van der Waals surface area contributed by atoms with Gasteiger partial charge >= 0.3 is 5.97 Å². The Morgan fingerprint density at radius 2 is 1.83 bits per heavy atom. The Bertz CT molecular complexity index is 449. The van der Waals surface area contributed by atoms with E-state index in [0.29, 0.717) is 6.42 Å². The lowest BCUT2D eigenvalue weighted by Crippen LogP contribution is -2.12. The Morgan fingerprint density at radius 1 is 1.22 bits per heavy atom. The Hall–Kier alpha value is -1.16. The van der Waals surface area contributed by atoms with E-state index in [1.165, 1.54) is 0 Å². The van der Waals surface area contributed by atoms with Crippen LogP contribution >= 0.6 is 15.9 Å². The highest BCUT2D eigenvalue weighted by atomic mass is 79.9. The van der Waals surface area contributed by atoms with Crippen molar-refractivity contribution in [3.8, 4) is 0 Å². The van der Waals surface area contributed by atoms with E-state index in [4.69, 9.17) is 5.11 Å². The van der Waals surface area contributed by atoms with E-state index >= 15 is 0 Å². The minimum Gasteiger partial charge on any atom is -0.481 e. The van der Waals surface area contributed by atoms with Gasteiger partial charge in [-0.1, -0.05) is 28.1 Å². The molecule has 0 saturated heterocycles. The summed E-state index contributed by atoms with van der Waals surface area (Å²) in [6, 6.07) is 7.54. The standard InChI is InChI=1S/C14H15BrO3/c15-12-5-3-9(4-6-12)11(8-14(17)18)7-13(16)10-1-2-10/h3-6,10-11H,1-2,7-8H2,(H,17,18)/t11-/m1/s1. The molecule has 1 saturated carbocycles. The van der Waals surface area contributed by atoms with Crippen molar-refractivity contribution in [1.82, 2.24) is 0 Å². The monoisotopic (exact) mass is 310 g/mol. The van der Waals surface area contributed by atoms with E-state index in [0.717, 1.165) is 22.9 Å². The zero-order chi connectivity index (χ0) is 13.1. The molecule has 1 aliphatic rings. The van der Waals surface area contributed by atoms with Gasteiger partial charge in [0, 0.05) is 22.7 Å². The average molecular weight is 311 g/mol. The lowest BCUT2D eigenvalue weighted by atomic mass is 9.90. The minimum atomic E-state index is -0.855. The predicted octanol–water partition coefficient (Wildman–Crippen LogP) is 3.38. The van der Waals surface area contributed by atoms with Gasteiger partial charge in [-0.25, -0.2) is 0 Å². The predicted molar refractivity (Wildman–Crippen MR) is 71.5 cm³/mol. The van der Waals surface area contributed by atoms with Crippen LogP contribution in [0.15, 0.2) is 28.7 Å². The van der Waals surface area contributed by atoms with Crippen LogP contribution in [0.1, 0.15) is 37.2 Å². The second-order valence-electron chi connectivity index (χ2n) is 4.79. The van der Waals surface area contributed by atoms with Gasteiger partial charge in [0.2, 0.25) is 0 Å². The maximum absolute atomic E-state index is 11.8. The first-order chi connectivity index (χ1) is 8.56. The smallest absolute Gasteiger partial charge is 0.303 e. The maximum Gasteiger partial charge on any atom is 0.303 e. The molecule has 0 amide bonds. The zero-order valence-corrected chi connectivity index (χ0v) is 11.5. The molecule has 2 rings (SSSR count). The van der Waals surface area contributed by atoms with Gasteiger partial charge in [0.15, 0.2) is 0 Å². The lowest BCUT2D eigenvalue weighted by molar-refractivity contribution is -0.137. The summed E-state index contributed by atoms with van der Waals surface area (Å²) < 4.78 is 0.953. The van der Waals surface area contributed by atoms with E-state index in [1.807, 2.05) is 24.3 Å². The van der Waals surface area contributed by atoms with Crippen LogP contribution in [0.3, 0.4) is 0 Å². The van der Waals surface area contributed by atoms with Crippen LogP contribution in [0.5, 0.6) is 0 Å². The fraction of sp³-hybridized carbons (Fsp3) is 0.429. The summed E-state index contributed by atoms with van der Waals surface area (Å²) in [7, 11) is 0. The van der Waals surface area contributed by atoms with Gasteiger partial charge < -0.3 is 5.11 Å². The molecule has 96 valence electrons. The van der Waals surface area contributed by atoms with Crippen molar-refractivity contribution in [2.75, 3.05) is 0 Å². The number of carbonyl (C=O) groups excluding carboxylic acids is 1. The number of benzene rings is 1. The second kappa shape index (κ2) is 5.65. The van der Waals surface area contributed by atoms with E-state index in [2.05, 4.69) is 15.9 Å². The Labute approximate surface area is 114 Å². The molecule has 0 unspecified atom stereocenters.